The Bertz CT molecular complexity index is 1470. The van der Waals surface area contributed by atoms with Crippen LogP contribution < -0.4 is 10.1 Å². The number of anilines is 1. The second kappa shape index (κ2) is 12.2. The molecule has 1 amide bonds. The van der Waals surface area contributed by atoms with E-state index in [1.54, 1.807) is 23.5 Å². The Morgan fingerprint density at radius 1 is 0.921 bits per heavy atom. The van der Waals surface area contributed by atoms with Crippen LogP contribution >= 0.6 is 0 Å². The van der Waals surface area contributed by atoms with E-state index in [1.807, 2.05) is 79.2 Å². The van der Waals surface area contributed by atoms with Crippen LogP contribution in [0, 0.1) is 0 Å². The number of hydrogen-bond acceptors (Lipinski definition) is 5. The molecule has 0 saturated carbocycles. The number of sulfonamides is 1. The van der Waals surface area contributed by atoms with Gasteiger partial charge in [0.25, 0.3) is 0 Å². The van der Waals surface area contributed by atoms with Crippen LogP contribution in [-0.2, 0) is 27.8 Å². The van der Waals surface area contributed by atoms with Gasteiger partial charge in [0.05, 0.1) is 30.5 Å². The molecule has 0 atom stereocenters. The normalized spacial score (nSPS) is 11.7. The lowest BCUT2D eigenvalue weighted by atomic mass is 10.1. The number of aromatic nitrogens is 2. The number of rotatable bonds is 12. The Hall–Kier alpha value is -3.69. The third-order valence-electron chi connectivity index (χ3n) is 6.28. The number of carbonyl (C=O) groups excluding carboxylic acids is 1. The van der Waals surface area contributed by atoms with E-state index >= 15 is 0 Å². The summed E-state index contributed by atoms with van der Waals surface area (Å²) < 4.78 is 34.7. The molecule has 3 aromatic carbocycles. The highest BCUT2D eigenvalue weighted by Gasteiger charge is 2.23. The van der Waals surface area contributed by atoms with E-state index in [0.29, 0.717) is 30.3 Å². The molecule has 1 aromatic heterocycles. The minimum absolute atomic E-state index is 0.163. The van der Waals surface area contributed by atoms with Crippen molar-refractivity contribution in [2.75, 3.05) is 25.5 Å². The fraction of sp³-hybridized carbons (Fsp3) is 0.310. The molecular weight excluding hydrogens is 500 g/mol. The fourth-order valence-electron chi connectivity index (χ4n) is 4.39. The van der Waals surface area contributed by atoms with Gasteiger partial charge in [0.2, 0.25) is 15.9 Å². The van der Waals surface area contributed by atoms with Crippen molar-refractivity contribution in [2.24, 2.45) is 0 Å². The number of fused-ring (bicyclic) bond motifs is 1. The van der Waals surface area contributed by atoms with Crippen molar-refractivity contribution in [2.45, 2.75) is 44.6 Å². The summed E-state index contributed by atoms with van der Waals surface area (Å²) in [5, 5.41) is 8.46. The molecule has 1 heterocycles. The number of para-hydroxylation sites is 1. The molecular formula is C29H34N4O4S. The summed E-state index contributed by atoms with van der Waals surface area (Å²) >= 11 is 0. The number of nitrogens with zero attached hydrogens (tertiary/aromatic N) is 3. The van der Waals surface area contributed by atoms with Gasteiger partial charge in [-0.3, -0.25) is 9.48 Å². The topological polar surface area (TPSA) is 93.5 Å². The summed E-state index contributed by atoms with van der Waals surface area (Å²) in [7, 11) is -1.93. The highest BCUT2D eigenvalue weighted by atomic mass is 32.2. The average Bonchev–Trinajstić information content (AvgIpc) is 3.26. The predicted molar refractivity (Wildman–Crippen MR) is 150 cm³/mol. The molecule has 1 N–H and O–H groups in total. The minimum atomic E-state index is -3.53. The highest BCUT2D eigenvalue weighted by Crippen LogP contribution is 2.25. The summed E-state index contributed by atoms with van der Waals surface area (Å²) in [5.74, 6) is 1.07. The molecule has 200 valence electrons. The summed E-state index contributed by atoms with van der Waals surface area (Å²) in [5.41, 5.74) is 2.66. The zero-order valence-electron chi connectivity index (χ0n) is 22.1. The second-order valence-corrected chi connectivity index (χ2v) is 11.1. The van der Waals surface area contributed by atoms with E-state index in [-0.39, 0.29) is 12.3 Å². The molecule has 0 bridgehead atoms. The van der Waals surface area contributed by atoms with Gasteiger partial charge in [-0.05, 0) is 60.4 Å². The van der Waals surface area contributed by atoms with E-state index < -0.39 is 10.0 Å². The Kier molecular flexibility index (Phi) is 8.81. The van der Waals surface area contributed by atoms with Crippen LogP contribution in [0.25, 0.3) is 10.9 Å². The lowest BCUT2D eigenvalue weighted by Gasteiger charge is -2.21. The maximum absolute atomic E-state index is 13.1. The quantitative estimate of drug-likeness (QED) is 0.273. The third kappa shape index (κ3) is 6.23. The van der Waals surface area contributed by atoms with Gasteiger partial charge in [0, 0.05) is 18.5 Å². The van der Waals surface area contributed by atoms with Crippen LogP contribution in [0.4, 0.5) is 5.82 Å². The van der Waals surface area contributed by atoms with Crippen LogP contribution in [0.2, 0.25) is 0 Å². The third-order valence-corrected chi connectivity index (χ3v) is 8.19. The molecule has 0 aliphatic heterocycles. The molecule has 0 saturated heterocycles. The lowest BCUT2D eigenvalue weighted by molar-refractivity contribution is -0.115. The van der Waals surface area contributed by atoms with Gasteiger partial charge in [-0.15, -0.1) is 0 Å². The van der Waals surface area contributed by atoms with Crippen molar-refractivity contribution >= 4 is 32.7 Å². The van der Waals surface area contributed by atoms with Crippen molar-refractivity contribution in [1.29, 1.82) is 0 Å². The van der Waals surface area contributed by atoms with Crippen molar-refractivity contribution in [3.8, 4) is 5.75 Å². The lowest BCUT2D eigenvalue weighted by Crippen LogP contribution is -2.32. The van der Waals surface area contributed by atoms with Crippen LogP contribution in [0.15, 0.2) is 77.7 Å². The van der Waals surface area contributed by atoms with Crippen LogP contribution in [0.3, 0.4) is 0 Å². The number of carbonyl (C=O) groups is 1. The fourth-order valence-corrected chi connectivity index (χ4v) is 6.01. The monoisotopic (exact) mass is 534 g/mol. The number of methoxy groups -OCH3 is 1. The molecule has 0 aliphatic carbocycles. The van der Waals surface area contributed by atoms with E-state index in [4.69, 9.17) is 4.74 Å². The van der Waals surface area contributed by atoms with Gasteiger partial charge < -0.3 is 10.1 Å². The van der Waals surface area contributed by atoms with Gasteiger partial charge in [0.1, 0.15) is 5.75 Å². The molecule has 38 heavy (non-hydrogen) atoms. The standard InChI is InChI=1S/C29H34N4O4S/c1-4-18-32(19-5-2)38(35,36)25-16-12-23(13-17-25)21-33-27-9-7-6-8-26(27)29(31-33)30-28(34)20-22-10-14-24(37-3)15-11-22/h6-17H,4-5,18-21H2,1-3H3,(H,30,31,34). The maximum atomic E-state index is 13.1. The van der Waals surface area contributed by atoms with Crippen molar-refractivity contribution in [3.05, 3.63) is 83.9 Å². The zero-order chi connectivity index (χ0) is 27.1. The summed E-state index contributed by atoms with van der Waals surface area (Å²) in [6.07, 6.45) is 1.75. The molecule has 0 fully saturated rings. The van der Waals surface area contributed by atoms with E-state index in [1.165, 1.54) is 0 Å². The largest absolute Gasteiger partial charge is 0.497 e. The molecule has 8 nitrogen and oxygen atoms in total. The minimum Gasteiger partial charge on any atom is -0.497 e. The SMILES string of the molecule is CCCN(CCC)S(=O)(=O)c1ccc(Cn2nc(NC(=O)Cc3ccc(OC)cc3)c3ccccc32)cc1. The second-order valence-electron chi connectivity index (χ2n) is 9.14. The molecule has 0 aliphatic rings. The molecule has 9 heteroatoms. The first-order valence-corrected chi connectivity index (χ1v) is 14.3. The van der Waals surface area contributed by atoms with Gasteiger partial charge >= 0.3 is 0 Å². The van der Waals surface area contributed by atoms with Crippen molar-refractivity contribution in [3.63, 3.8) is 0 Å². The number of ether oxygens (including phenoxy) is 1. The summed E-state index contributed by atoms with van der Waals surface area (Å²) in [6.45, 7) is 5.40. The molecule has 4 rings (SSSR count). The first-order chi connectivity index (χ1) is 18.3. The van der Waals surface area contributed by atoms with Gasteiger partial charge in [-0.1, -0.05) is 50.2 Å². The summed E-state index contributed by atoms with van der Waals surface area (Å²) in [6, 6.07) is 22.1. The number of nitrogens with one attached hydrogen (secondary N) is 1. The number of hydrogen-bond donors (Lipinski definition) is 1. The average molecular weight is 535 g/mol. The maximum Gasteiger partial charge on any atom is 0.243 e. The predicted octanol–water partition coefficient (Wildman–Crippen LogP) is 5.09. The molecule has 0 radical (unpaired) electrons. The summed E-state index contributed by atoms with van der Waals surface area (Å²) in [4.78, 5) is 13.1. The van der Waals surface area contributed by atoms with E-state index in [9.17, 15) is 13.2 Å². The first-order valence-electron chi connectivity index (χ1n) is 12.8. The Morgan fingerprint density at radius 2 is 1.55 bits per heavy atom. The van der Waals surface area contributed by atoms with Gasteiger partial charge in [-0.25, -0.2) is 8.42 Å². The number of amides is 1. The van der Waals surface area contributed by atoms with Crippen molar-refractivity contribution < 1.29 is 17.9 Å². The van der Waals surface area contributed by atoms with Gasteiger partial charge in [-0.2, -0.15) is 9.40 Å². The van der Waals surface area contributed by atoms with Crippen LogP contribution in [0.5, 0.6) is 5.75 Å². The number of benzene rings is 3. The van der Waals surface area contributed by atoms with Crippen molar-refractivity contribution in [1.82, 2.24) is 14.1 Å². The first kappa shape index (κ1) is 27.3. The van der Waals surface area contributed by atoms with Gasteiger partial charge in [0.15, 0.2) is 5.82 Å². The Labute approximate surface area is 224 Å². The Morgan fingerprint density at radius 3 is 2.18 bits per heavy atom. The molecule has 0 spiro atoms. The van der Waals surface area contributed by atoms with Crippen LogP contribution in [-0.4, -0.2) is 48.6 Å². The van der Waals surface area contributed by atoms with E-state index in [0.717, 1.165) is 40.6 Å². The van der Waals surface area contributed by atoms with Crippen LogP contribution in [0.1, 0.15) is 37.8 Å². The molecule has 0 unspecified atom stereocenters. The highest BCUT2D eigenvalue weighted by molar-refractivity contribution is 7.89. The zero-order valence-corrected chi connectivity index (χ0v) is 22.9. The Balaban J connectivity index is 1.52. The van der Waals surface area contributed by atoms with E-state index in [2.05, 4.69) is 10.4 Å². The smallest absolute Gasteiger partial charge is 0.243 e. The molecule has 4 aromatic rings.